The maximum Gasteiger partial charge on any atom is 0.341 e. The van der Waals surface area contributed by atoms with E-state index in [0.717, 1.165) is 56.0 Å². The number of hydrazine groups is 1. The zero-order valence-electron chi connectivity index (χ0n) is 14.9. The van der Waals surface area contributed by atoms with Gasteiger partial charge in [0.05, 0.1) is 12.7 Å². The smallest absolute Gasteiger partial charge is 0.341 e. The summed E-state index contributed by atoms with van der Waals surface area (Å²) in [5.41, 5.74) is 5.07. The van der Waals surface area contributed by atoms with Crippen LogP contribution in [0.3, 0.4) is 0 Å². The van der Waals surface area contributed by atoms with Crippen molar-refractivity contribution in [3.63, 3.8) is 0 Å². The normalized spacial score (nSPS) is 19.0. The number of carbonyl (C=O) groups excluding carboxylic acids is 1. The standard InChI is InChI=1S/C17H26N4O2S2/c1-20-8-10-21(11-9-20)19-17(24)18-15-14(16(22)23-2)12-6-4-3-5-7-13(12)25-15/h3-11H2,1-2H3,(H2,18,19,24). The predicted octanol–water partition coefficient (Wildman–Crippen LogP) is 2.25. The van der Waals surface area contributed by atoms with Crippen molar-refractivity contribution in [3.05, 3.63) is 16.0 Å². The molecular formula is C17H26N4O2S2. The van der Waals surface area contributed by atoms with Crippen LogP contribution in [0.2, 0.25) is 0 Å². The van der Waals surface area contributed by atoms with Gasteiger partial charge in [-0.2, -0.15) is 0 Å². The number of hydrogen-bond donors (Lipinski definition) is 2. The second kappa shape index (κ2) is 8.44. The van der Waals surface area contributed by atoms with Gasteiger partial charge < -0.3 is 15.0 Å². The quantitative estimate of drug-likeness (QED) is 0.472. The number of anilines is 1. The molecule has 0 amide bonds. The molecule has 1 aromatic rings. The van der Waals surface area contributed by atoms with Gasteiger partial charge in [-0.25, -0.2) is 9.80 Å². The zero-order valence-corrected chi connectivity index (χ0v) is 16.5. The fraction of sp³-hybridized carbons (Fsp3) is 0.647. The first-order valence-electron chi connectivity index (χ1n) is 8.82. The molecule has 2 heterocycles. The van der Waals surface area contributed by atoms with Gasteiger partial charge in [-0.05, 0) is 50.5 Å². The third-order valence-corrected chi connectivity index (χ3v) is 6.20. The molecule has 138 valence electrons. The van der Waals surface area contributed by atoms with E-state index in [1.165, 1.54) is 24.8 Å². The molecule has 1 aliphatic heterocycles. The molecule has 1 aromatic heterocycles. The van der Waals surface area contributed by atoms with Crippen molar-refractivity contribution in [2.45, 2.75) is 32.1 Å². The lowest BCUT2D eigenvalue weighted by atomic mass is 10.1. The fourth-order valence-electron chi connectivity index (χ4n) is 3.34. The number of carbonyl (C=O) groups is 1. The summed E-state index contributed by atoms with van der Waals surface area (Å²) in [6.07, 6.45) is 5.49. The molecule has 25 heavy (non-hydrogen) atoms. The summed E-state index contributed by atoms with van der Waals surface area (Å²) >= 11 is 7.12. The number of rotatable bonds is 3. The van der Waals surface area contributed by atoms with Crippen LogP contribution in [0.15, 0.2) is 0 Å². The van der Waals surface area contributed by atoms with Gasteiger partial charge in [0.15, 0.2) is 5.11 Å². The van der Waals surface area contributed by atoms with Crippen molar-refractivity contribution in [2.75, 3.05) is 45.7 Å². The number of likely N-dealkylation sites (N-methyl/N-ethyl adjacent to an activating group) is 1. The lowest BCUT2D eigenvalue weighted by Gasteiger charge is -2.33. The molecule has 2 aliphatic rings. The average molecular weight is 383 g/mol. The van der Waals surface area contributed by atoms with Crippen LogP contribution in [0, 0.1) is 0 Å². The number of hydrogen-bond acceptors (Lipinski definition) is 6. The molecule has 1 fully saturated rings. The molecule has 2 N–H and O–H groups in total. The third kappa shape index (κ3) is 4.49. The molecular weight excluding hydrogens is 356 g/mol. The molecule has 0 unspecified atom stereocenters. The van der Waals surface area contributed by atoms with E-state index in [9.17, 15) is 4.79 Å². The monoisotopic (exact) mass is 382 g/mol. The molecule has 8 heteroatoms. The number of thiocarbonyl (C=S) groups is 1. The fourth-order valence-corrected chi connectivity index (χ4v) is 4.92. The van der Waals surface area contributed by atoms with Gasteiger partial charge in [-0.3, -0.25) is 5.43 Å². The van der Waals surface area contributed by atoms with Gasteiger partial charge in [0.2, 0.25) is 0 Å². The molecule has 0 atom stereocenters. The Kier molecular flexibility index (Phi) is 6.27. The van der Waals surface area contributed by atoms with E-state index in [4.69, 9.17) is 17.0 Å². The highest BCUT2D eigenvalue weighted by Crippen LogP contribution is 2.37. The lowest BCUT2D eigenvalue weighted by Crippen LogP contribution is -2.53. The SMILES string of the molecule is COC(=O)c1c(NC(=S)NN2CCN(C)CC2)sc2c1CCCCC2. The second-order valence-corrected chi connectivity index (χ2v) is 8.13. The van der Waals surface area contributed by atoms with E-state index in [0.29, 0.717) is 10.7 Å². The molecule has 6 nitrogen and oxygen atoms in total. The second-order valence-electron chi connectivity index (χ2n) is 6.62. The first-order chi connectivity index (χ1) is 12.1. The number of aryl methyl sites for hydroxylation is 1. The Morgan fingerprint density at radius 1 is 1.16 bits per heavy atom. The minimum Gasteiger partial charge on any atom is -0.465 e. The molecule has 0 saturated carbocycles. The van der Waals surface area contributed by atoms with Crippen molar-refractivity contribution in [2.24, 2.45) is 0 Å². The number of fused-ring (bicyclic) bond motifs is 1. The van der Waals surface area contributed by atoms with Crippen LogP contribution in [0.1, 0.15) is 40.1 Å². The van der Waals surface area contributed by atoms with E-state index in [-0.39, 0.29) is 5.97 Å². The van der Waals surface area contributed by atoms with E-state index in [2.05, 4.69) is 27.7 Å². The van der Waals surface area contributed by atoms with Crippen molar-refractivity contribution >= 4 is 39.6 Å². The van der Waals surface area contributed by atoms with Gasteiger partial charge in [0.25, 0.3) is 0 Å². The average Bonchev–Trinajstić information content (AvgIpc) is 2.77. The number of thiophene rings is 1. The van der Waals surface area contributed by atoms with Crippen molar-refractivity contribution in [1.29, 1.82) is 0 Å². The Bertz CT molecular complexity index is 639. The molecule has 0 radical (unpaired) electrons. The maximum atomic E-state index is 12.4. The van der Waals surface area contributed by atoms with Gasteiger partial charge >= 0.3 is 5.97 Å². The Labute approximate surface area is 158 Å². The summed E-state index contributed by atoms with van der Waals surface area (Å²) in [6, 6.07) is 0. The first kappa shape index (κ1) is 18.6. The summed E-state index contributed by atoms with van der Waals surface area (Å²) < 4.78 is 5.03. The Morgan fingerprint density at radius 3 is 2.60 bits per heavy atom. The van der Waals surface area contributed by atoms with Crippen molar-refractivity contribution in [1.82, 2.24) is 15.3 Å². The molecule has 0 aromatic carbocycles. The minimum atomic E-state index is -0.274. The molecule has 1 saturated heterocycles. The van der Waals surface area contributed by atoms with Crippen LogP contribution in [0.4, 0.5) is 5.00 Å². The lowest BCUT2D eigenvalue weighted by molar-refractivity contribution is 0.0601. The van der Waals surface area contributed by atoms with Gasteiger partial charge in [-0.1, -0.05) is 6.42 Å². The van der Waals surface area contributed by atoms with E-state index < -0.39 is 0 Å². The van der Waals surface area contributed by atoms with Crippen LogP contribution >= 0.6 is 23.6 Å². The Balaban J connectivity index is 1.72. The van der Waals surface area contributed by atoms with Crippen LogP contribution in [-0.2, 0) is 17.6 Å². The predicted molar refractivity (Wildman–Crippen MR) is 105 cm³/mol. The summed E-state index contributed by atoms with van der Waals surface area (Å²) in [5, 5.41) is 6.71. The first-order valence-corrected chi connectivity index (χ1v) is 10.0. The van der Waals surface area contributed by atoms with Crippen LogP contribution in [0.5, 0.6) is 0 Å². The largest absolute Gasteiger partial charge is 0.465 e. The van der Waals surface area contributed by atoms with E-state index >= 15 is 0 Å². The summed E-state index contributed by atoms with van der Waals surface area (Å²) in [4.78, 5) is 15.9. The van der Waals surface area contributed by atoms with Crippen molar-refractivity contribution in [3.8, 4) is 0 Å². The highest BCUT2D eigenvalue weighted by Gasteiger charge is 2.26. The highest BCUT2D eigenvalue weighted by molar-refractivity contribution is 7.80. The number of methoxy groups -OCH3 is 1. The summed E-state index contributed by atoms with van der Waals surface area (Å²) in [5.74, 6) is -0.274. The maximum absolute atomic E-state index is 12.4. The van der Waals surface area contributed by atoms with Gasteiger partial charge in [0.1, 0.15) is 5.00 Å². The van der Waals surface area contributed by atoms with Gasteiger partial charge in [0, 0.05) is 31.1 Å². The number of ether oxygens (including phenoxy) is 1. The van der Waals surface area contributed by atoms with E-state index in [1.807, 2.05) is 0 Å². The summed E-state index contributed by atoms with van der Waals surface area (Å²) in [7, 11) is 3.56. The Hall–Kier alpha value is -1.22. The molecule has 0 bridgehead atoms. The molecule has 0 spiro atoms. The van der Waals surface area contributed by atoms with Crippen molar-refractivity contribution < 1.29 is 9.53 Å². The number of nitrogens with zero attached hydrogens (tertiary/aromatic N) is 2. The third-order valence-electron chi connectivity index (χ3n) is 4.80. The van der Waals surface area contributed by atoms with Crippen LogP contribution in [-0.4, -0.2) is 61.3 Å². The Morgan fingerprint density at radius 2 is 1.88 bits per heavy atom. The minimum absolute atomic E-state index is 0.274. The van der Waals surface area contributed by atoms with Crippen LogP contribution < -0.4 is 10.7 Å². The number of esters is 1. The number of nitrogens with one attached hydrogen (secondary N) is 2. The van der Waals surface area contributed by atoms with E-state index in [1.54, 1.807) is 11.3 Å². The highest BCUT2D eigenvalue weighted by atomic mass is 32.1. The topological polar surface area (TPSA) is 56.8 Å². The summed E-state index contributed by atoms with van der Waals surface area (Å²) in [6.45, 7) is 3.86. The van der Waals surface area contributed by atoms with Gasteiger partial charge in [-0.15, -0.1) is 11.3 Å². The van der Waals surface area contributed by atoms with Crippen LogP contribution in [0.25, 0.3) is 0 Å². The zero-order chi connectivity index (χ0) is 17.8. The number of piperazine rings is 1. The molecule has 3 rings (SSSR count). The molecule has 1 aliphatic carbocycles.